The van der Waals surface area contributed by atoms with Crippen molar-refractivity contribution in [2.45, 2.75) is 6.61 Å². The summed E-state index contributed by atoms with van der Waals surface area (Å²) in [6, 6.07) is 9.36. The summed E-state index contributed by atoms with van der Waals surface area (Å²) in [5.74, 6) is -1.87. The Labute approximate surface area is 124 Å². The maximum Gasteiger partial charge on any atom is 0.341 e. The van der Waals surface area contributed by atoms with E-state index in [2.05, 4.69) is 0 Å². The van der Waals surface area contributed by atoms with Crippen LogP contribution in [0, 0.1) is 15.9 Å². The SMILES string of the molecule is O=C(OCc1ccccc1Cl)c1cc([N+](=O)[O-])ccc1F. The molecule has 2 aromatic carbocycles. The Balaban J connectivity index is 2.15. The van der Waals surface area contributed by atoms with Crippen LogP contribution in [-0.4, -0.2) is 10.9 Å². The molecule has 0 spiro atoms. The number of nitrogens with zero attached hydrogens (tertiary/aromatic N) is 1. The lowest BCUT2D eigenvalue weighted by Gasteiger charge is -2.07. The van der Waals surface area contributed by atoms with Crippen molar-refractivity contribution >= 4 is 23.3 Å². The summed E-state index contributed by atoms with van der Waals surface area (Å²) < 4.78 is 18.5. The quantitative estimate of drug-likeness (QED) is 0.490. The zero-order chi connectivity index (χ0) is 15.4. The molecule has 0 amide bonds. The van der Waals surface area contributed by atoms with Gasteiger partial charge in [-0.1, -0.05) is 29.8 Å². The fourth-order valence-corrected chi connectivity index (χ4v) is 1.81. The summed E-state index contributed by atoms with van der Waals surface area (Å²) >= 11 is 5.90. The number of esters is 1. The first kappa shape index (κ1) is 14.9. The van der Waals surface area contributed by atoms with Crippen LogP contribution in [0.5, 0.6) is 0 Å². The van der Waals surface area contributed by atoms with Crippen LogP contribution in [-0.2, 0) is 11.3 Å². The lowest BCUT2D eigenvalue weighted by Crippen LogP contribution is -2.08. The zero-order valence-corrected chi connectivity index (χ0v) is 11.3. The first-order chi connectivity index (χ1) is 9.99. The molecule has 0 aromatic heterocycles. The van der Waals surface area contributed by atoms with Crippen molar-refractivity contribution in [1.29, 1.82) is 0 Å². The number of halogens is 2. The van der Waals surface area contributed by atoms with Gasteiger partial charge in [-0.15, -0.1) is 0 Å². The highest BCUT2D eigenvalue weighted by Crippen LogP contribution is 2.20. The molecule has 0 saturated heterocycles. The van der Waals surface area contributed by atoms with Crippen LogP contribution in [0.25, 0.3) is 0 Å². The Kier molecular flexibility index (Phi) is 4.49. The number of ether oxygens (including phenoxy) is 1. The Morgan fingerprint density at radius 1 is 1.29 bits per heavy atom. The van der Waals surface area contributed by atoms with Gasteiger partial charge in [0.05, 0.1) is 4.92 Å². The molecule has 0 aliphatic carbocycles. The third kappa shape index (κ3) is 3.55. The molecule has 0 radical (unpaired) electrons. The Hall–Kier alpha value is -2.47. The van der Waals surface area contributed by atoms with Gasteiger partial charge >= 0.3 is 5.97 Å². The average Bonchev–Trinajstić information content (AvgIpc) is 2.46. The molecule has 108 valence electrons. The van der Waals surface area contributed by atoms with Gasteiger partial charge in [-0.05, 0) is 12.1 Å². The van der Waals surface area contributed by atoms with E-state index in [-0.39, 0.29) is 12.3 Å². The third-order valence-corrected chi connectivity index (χ3v) is 3.07. The van der Waals surface area contributed by atoms with E-state index in [1.54, 1.807) is 24.3 Å². The molecule has 2 rings (SSSR count). The summed E-state index contributed by atoms with van der Waals surface area (Å²) in [4.78, 5) is 21.7. The second kappa shape index (κ2) is 6.32. The number of benzene rings is 2. The Morgan fingerprint density at radius 3 is 2.67 bits per heavy atom. The summed E-state index contributed by atoms with van der Waals surface area (Å²) in [5, 5.41) is 11.0. The van der Waals surface area contributed by atoms with Crippen LogP contribution in [0.3, 0.4) is 0 Å². The molecule has 0 aliphatic rings. The van der Waals surface area contributed by atoms with E-state index < -0.39 is 22.3 Å². The van der Waals surface area contributed by atoms with Crippen molar-refractivity contribution in [1.82, 2.24) is 0 Å². The van der Waals surface area contributed by atoms with Gasteiger partial charge in [0, 0.05) is 22.7 Å². The fraction of sp³-hybridized carbons (Fsp3) is 0.0714. The molecule has 0 saturated carbocycles. The largest absolute Gasteiger partial charge is 0.457 e. The van der Waals surface area contributed by atoms with Crippen LogP contribution in [0.1, 0.15) is 15.9 Å². The molecule has 0 heterocycles. The lowest BCUT2D eigenvalue weighted by atomic mass is 10.2. The van der Waals surface area contributed by atoms with E-state index in [4.69, 9.17) is 16.3 Å². The maximum absolute atomic E-state index is 13.5. The molecule has 0 N–H and O–H groups in total. The topological polar surface area (TPSA) is 69.4 Å². The monoisotopic (exact) mass is 309 g/mol. The lowest BCUT2D eigenvalue weighted by molar-refractivity contribution is -0.384. The molecular weight excluding hydrogens is 301 g/mol. The highest BCUT2D eigenvalue weighted by atomic mass is 35.5. The van der Waals surface area contributed by atoms with Crippen molar-refractivity contribution in [3.8, 4) is 0 Å². The summed E-state index contributed by atoms with van der Waals surface area (Å²) in [6.07, 6.45) is 0. The minimum atomic E-state index is -0.990. The van der Waals surface area contributed by atoms with Crippen LogP contribution >= 0.6 is 11.6 Å². The van der Waals surface area contributed by atoms with Crippen molar-refractivity contribution in [3.05, 3.63) is 74.5 Å². The van der Waals surface area contributed by atoms with E-state index in [9.17, 15) is 19.3 Å². The highest BCUT2D eigenvalue weighted by molar-refractivity contribution is 6.31. The number of hydrogen-bond acceptors (Lipinski definition) is 4. The van der Waals surface area contributed by atoms with Crippen molar-refractivity contribution in [2.24, 2.45) is 0 Å². The number of hydrogen-bond donors (Lipinski definition) is 0. The predicted octanol–water partition coefficient (Wildman–Crippen LogP) is 3.74. The maximum atomic E-state index is 13.5. The van der Waals surface area contributed by atoms with Crippen LogP contribution in [0.4, 0.5) is 10.1 Å². The molecular formula is C14H9ClFNO4. The van der Waals surface area contributed by atoms with Gasteiger partial charge in [0.15, 0.2) is 0 Å². The third-order valence-electron chi connectivity index (χ3n) is 2.70. The fourth-order valence-electron chi connectivity index (χ4n) is 1.62. The smallest absolute Gasteiger partial charge is 0.341 e. The normalized spacial score (nSPS) is 10.2. The van der Waals surface area contributed by atoms with E-state index >= 15 is 0 Å². The minimum Gasteiger partial charge on any atom is -0.457 e. The molecule has 21 heavy (non-hydrogen) atoms. The standard InChI is InChI=1S/C14H9ClFNO4/c15-12-4-2-1-3-9(12)8-21-14(18)11-7-10(17(19)20)5-6-13(11)16/h1-7H,8H2. The predicted molar refractivity (Wildman–Crippen MR) is 73.6 cm³/mol. The van der Waals surface area contributed by atoms with E-state index in [1.165, 1.54) is 0 Å². The number of nitro benzene ring substituents is 1. The van der Waals surface area contributed by atoms with Crippen LogP contribution < -0.4 is 0 Å². The Morgan fingerprint density at radius 2 is 2.00 bits per heavy atom. The van der Waals surface area contributed by atoms with Gasteiger partial charge < -0.3 is 4.74 Å². The van der Waals surface area contributed by atoms with E-state index in [0.29, 0.717) is 10.6 Å². The molecule has 0 bridgehead atoms. The van der Waals surface area contributed by atoms with Gasteiger partial charge in [-0.2, -0.15) is 0 Å². The summed E-state index contributed by atoms with van der Waals surface area (Å²) in [5.41, 5.74) is -0.323. The molecule has 7 heteroatoms. The zero-order valence-electron chi connectivity index (χ0n) is 10.6. The van der Waals surface area contributed by atoms with E-state index in [1.807, 2.05) is 0 Å². The van der Waals surface area contributed by atoms with Gasteiger partial charge in [0.2, 0.25) is 0 Å². The number of carbonyl (C=O) groups excluding carboxylic acids is 1. The van der Waals surface area contributed by atoms with Gasteiger partial charge in [0.1, 0.15) is 18.0 Å². The van der Waals surface area contributed by atoms with Crippen molar-refractivity contribution in [3.63, 3.8) is 0 Å². The van der Waals surface area contributed by atoms with Crippen molar-refractivity contribution in [2.75, 3.05) is 0 Å². The first-order valence-electron chi connectivity index (χ1n) is 5.83. The number of rotatable bonds is 4. The molecule has 0 unspecified atom stereocenters. The minimum absolute atomic E-state index is 0.152. The van der Waals surface area contributed by atoms with Crippen LogP contribution in [0.2, 0.25) is 5.02 Å². The number of nitro groups is 1. The first-order valence-corrected chi connectivity index (χ1v) is 6.21. The molecule has 0 atom stereocenters. The number of non-ortho nitro benzene ring substituents is 1. The summed E-state index contributed by atoms with van der Waals surface area (Å²) in [7, 11) is 0. The summed E-state index contributed by atoms with van der Waals surface area (Å²) in [6.45, 7) is -0.152. The average molecular weight is 310 g/mol. The van der Waals surface area contributed by atoms with Gasteiger partial charge in [0.25, 0.3) is 5.69 Å². The van der Waals surface area contributed by atoms with Gasteiger partial charge in [-0.3, -0.25) is 10.1 Å². The molecule has 0 aliphatic heterocycles. The molecule has 5 nitrogen and oxygen atoms in total. The second-order valence-corrected chi connectivity index (χ2v) is 4.50. The van der Waals surface area contributed by atoms with Crippen molar-refractivity contribution < 1.29 is 18.8 Å². The number of carbonyl (C=O) groups is 1. The molecule has 0 fully saturated rings. The second-order valence-electron chi connectivity index (χ2n) is 4.09. The highest BCUT2D eigenvalue weighted by Gasteiger charge is 2.18. The molecule has 2 aromatic rings. The van der Waals surface area contributed by atoms with E-state index in [0.717, 1.165) is 18.2 Å². The Bertz CT molecular complexity index is 705. The van der Waals surface area contributed by atoms with Gasteiger partial charge in [-0.25, -0.2) is 9.18 Å². The van der Waals surface area contributed by atoms with Crippen LogP contribution in [0.15, 0.2) is 42.5 Å².